The van der Waals surface area contributed by atoms with E-state index >= 15 is 0 Å². The summed E-state index contributed by atoms with van der Waals surface area (Å²) in [5.41, 5.74) is 2.56. The summed E-state index contributed by atoms with van der Waals surface area (Å²) in [6, 6.07) is 5.08. The number of aliphatic imine (C=N–C) groups is 1. The van der Waals surface area contributed by atoms with Gasteiger partial charge < -0.3 is 0 Å². The fraction of sp³-hybridized carbons (Fsp3) is 0.500. The van der Waals surface area contributed by atoms with E-state index in [9.17, 15) is 8.42 Å². The molecule has 1 aromatic rings. The van der Waals surface area contributed by atoms with Crippen LogP contribution in [0.4, 0.5) is 5.69 Å². The molecule has 5 heteroatoms. The lowest BCUT2D eigenvalue weighted by molar-refractivity contribution is 0.598. The molecular formula is C14H20N2O2S. The monoisotopic (exact) mass is 280 g/mol. The summed E-state index contributed by atoms with van der Waals surface area (Å²) in [7, 11) is -3.72. The highest BCUT2D eigenvalue weighted by Crippen LogP contribution is 2.27. The molecule has 0 bridgehead atoms. The number of primary sulfonamides is 1. The van der Waals surface area contributed by atoms with Crippen LogP contribution in [0.25, 0.3) is 0 Å². The third-order valence-corrected chi connectivity index (χ3v) is 4.34. The fourth-order valence-corrected chi connectivity index (χ4v) is 3.03. The number of benzene rings is 1. The first kappa shape index (κ1) is 14.2. The van der Waals surface area contributed by atoms with Crippen molar-refractivity contribution in [2.75, 3.05) is 0 Å². The Labute approximate surface area is 114 Å². The van der Waals surface area contributed by atoms with E-state index in [2.05, 4.69) is 4.99 Å². The molecule has 2 N–H and O–H groups in total. The third kappa shape index (κ3) is 3.88. The van der Waals surface area contributed by atoms with Crippen molar-refractivity contribution in [2.45, 2.75) is 50.3 Å². The van der Waals surface area contributed by atoms with Crippen molar-refractivity contribution in [1.82, 2.24) is 0 Å². The van der Waals surface area contributed by atoms with E-state index in [0.717, 1.165) is 37.0 Å². The van der Waals surface area contributed by atoms with Crippen molar-refractivity contribution in [3.05, 3.63) is 23.8 Å². The van der Waals surface area contributed by atoms with Crippen molar-refractivity contribution >= 4 is 21.4 Å². The van der Waals surface area contributed by atoms with Crippen LogP contribution in [0.3, 0.4) is 0 Å². The molecule has 2 rings (SSSR count). The quantitative estimate of drug-likeness (QED) is 0.845. The molecule has 4 nitrogen and oxygen atoms in total. The topological polar surface area (TPSA) is 72.5 Å². The molecule has 1 fully saturated rings. The maximum atomic E-state index is 11.6. The highest BCUT2D eigenvalue weighted by Gasteiger charge is 2.15. The van der Waals surface area contributed by atoms with Crippen LogP contribution < -0.4 is 5.14 Å². The Morgan fingerprint density at radius 3 is 2.32 bits per heavy atom. The Hall–Kier alpha value is -1.20. The van der Waals surface area contributed by atoms with Gasteiger partial charge in [0.15, 0.2) is 0 Å². The van der Waals surface area contributed by atoms with Crippen LogP contribution in [0.2, 0.25) is 0 Å². The van der Waals surface area contributed by atoms with Gasteiger partial charge in [-0.05, 0) is 50.3 Å². The van der Waals surface area contributed by atoms with E-state index in [1.54, 1.807) is 18.2 Å². The number of hydrogen-bond donors (Lipinski definition) is 1. The molecule has 1 aliphatic rings. The fourth-order valence-electron chi connectivity index (χ4n) is 2.37. The molecule has 1 saturated carbocycles. The normalized spacial score (nSPS) is 17.1. The second kappa shape index (κ2) is 5.84. The van der Waals surface area contributed by atoms with E-state index in [1.807, 2.05) is 6.92 Å². The molecule has 0 heterocycles. The highest BCUT2D eigenvalue weighted by molar-refractivity contribution is 7.89. The van der Waals surface area contributed by atoms with E-state index in [-0.39, 0.29) is 4.90 Å². The Balaban J connectivity index is 2.43. The summed E-state index contributed by atoms with van der Waals surface area (Å²) in [4.78, 5) is 4.68. The average molecular weight is 280 g/mol. The molecule has 0 saturated heterocycles. The lowest BCUT2D eigenvalue weighted by atomic mass is 10.1. The summed E-state index contributed by atoms with van der Waals surface area (Å²) in [5, 5.41) is 5.25. The van der Waals surface area contributed by atoms with Crippen LogP contribution in [0, 0.1) is 6.92 Å². The van der Waals surface area contributed by atoms with Gasteiger partial charge >= 0.3 is 0 Å². The van der Waals surface area contributed by atoms with Gasteiger partial charge in [0.25, 0.3) is 0 Å². The highest BCUT2D eigenvalue weighted by atomic mass is 32.2. The number of rotatable bonds is 2. The van der Waals surface area contributed by atoms with Crippen LogP contribution >= 0.6 is 0 Å². The lowest BCUT2D eigenvalue weighted by Crippen LogP contribution is -2.12. The van der Waals surface area contributed by atoms with Gasteiger partial charge in [0.2, 0.25) is 10.0 Å². The van der Waals surface area contributed by atoms with Crippen LogP contribution in [0.15, 0.2) is 28.1 Å². The first-order valence-corrected chi connectivity index (χ1v) is 8.21. The molecule has 0 radical (unpaired) electrons. The second-order valence-electron chi connectivity index (χ2n) is 5.11. The van der Waals surface area contributed by atoms with E-state index in [0.29, 0.717) is 5.69 Å². The number of hydrogen-bond acceptors (Lipinski definition) is 3. The maximum absolute atomic E-state index is 11.6. The van der Waals surface area contributed by atoms with Gasteiger partial charge in [-0.3, -0.25) is 4.99 Å². The van der Waals surface area contributed by atoms with Crippen molar-refractivity contribution < 1.29 is 8.42 Å². The zero-order valence-electron chi connectivity index (χ0n) is 11.2. The largest absolute Gasteiger partial charge is 0.256 e. The lowest BCUT2D eigenvalue weighted by Gasteiger charge is -2.07. The molecule has 0 aliphatic heterocycles. The van der Waals surface area contributed by atoms with Crippen molar-refractivity contribution in [3.63, 3.8) is 0 Å². The molecule has 1 aromatic carbocycles. The summed E-state index contributed by atoms with van der Waals surface area (Å²) < 4.78 is 23.2. The average Bonchev–Trinajstić information content (AvgIpc) is 2.56. The van der Waals surface area contributed by atoms with Gasteiger partial charge in [0, 0.05) is 5.71 Å². The second-order valence-corrected chi connectivity index (χ2v) is 6.64. The number of sulfonamides is 1. The molecule has 1 aliphatic carbocycles. The van der Waals surface area contributed by atoms with Crippen molar-refractivity contribution in [1.29, 1.82) is 0 Å². The van der Waals surface area contributed by atoms with Crippen LogP contribution in [-0.4, -0.2) is 14.1 Å². The Morgan fingerprint density at radius 1 is 1.11 bits per heavy atom. The Bertz CT molecular complexity index is 581. The van der Waals surface area contributed by atoms with Gasteiger partial charge in [-0.25, -0.2) is 13.6 Å². The molecule has 104 valence electrons. The van der Waals surface area contributed by atoms with Gasteiger partial charge in [-0.1, -0.05) is 18.9 Å². The Morgan fingerprint density at radius 2 is 1.74 bits per heavy atom. The van der Waals surface area contributed by atoms with Crippen LogP contribution in [0.5, 0.6) is 0 Å². The summed E-state index contributed by atoms with van der Waals surface area (Å²) in [5.74, 6) is 0. The van der Waals surface area contributed by atoms with Crippen LogP contribution in [0.1, 0.15) is 44.1 Å². The summed E-state index contributed by atoms with van der Waals surface area (Å²) in [6.07, 6.45) is 6.64. The van der Waals surface area contributed by atoms with Gasteiger partial charge in [-0.2, -0.15) is 0 Å². The van der Waals surface area contributed by atoms with Crippen LogP contribution in [-0.2, 0) is 10.0 Å². The van der Waals surface area contributed by atoms with Crippen molar-refractivity contribution in [3.8, 4) is 0 Å². The molecule has 0 spiro atoms. The smallest absolute Gasteiger partial charge is 0.240 e. The predicted molar refractivity (Wildman–Crippen MR) is 77.3 cm³/mol. The molecule has 19 heavy (non-hydrogen) atoms. The first-order chi connectivity index (χ1) is 8.97. The minimum absolute atomic E-state index is 0.120. The first-order valence-electron chi connectivity index (χ1n) is 6.67. The third-order valence-electron chi connectivity index (χ3n) is 3.38. The Kier molecular flexibility index (Phi) is 4.37. The summed E-state index contributed by atoms with van der Waals surface area (Å²) >= 11 is 0. The van der Waals surface area contributed by atoms with E-state index < -0.39 is 10.0 Å². The zero-order valence-corrected chi connectivity index (χ0v) is 12.0. The predicted octanol–water partition coefficient (Wildman–Crippen LogP) is 3.07. The molecule has 0 aromatic heterocycles. The number of aryl methyl sites for hydroxylation is 1. The summed E-state index contributed by atoms with van der Waals surface area (Å²) in [6.45, 7) is 1.92. The zero-order chi connectivity index (χ0) is 13.9. The van der Waals surface area contributed by atoms with E-state index in [1.165, 1.54) is 12.8 Å². The van der Waals surface area contributed by atoms with Gasteiger partial charge in [0.1, 0.15) is 4.90 Å². The minimum Gasteiger partial charge on any atom is -0.256 e. The molecule has 0 unspecified atom stereocenters. The molecule has 0 atom stereocenters. The maximum Gasteiger partial charge on any atom is 0.240 e. The minimum atomic E-state index is -3.72. The van der Waals surface area contributed by atoms with Gasteiger partial charge in [0.05, 0.1) is 5.69 Å². The molecular weight excluding hydrogens is 260 g/mol. The molecule has 0 amide bonds. The number of nitrogens with zero attached hydrogens (tertiary/aromatic N) is 1. The number of nitrogens with two attached hydrogens (primary N) is 1. The standard InChI is InChI=1S/C14H20N2O2S/c1-11-8-9-14(19(15,17)18)13(10-11)16-12-6-4-2-3-5-7-12/h8-10H,2-7H2,1H3,(H2,15,17,18). The van der Waals surface area contributed by atoms with E-state index in [4.69, 9.17) is 5.14 Å². The SMILES string of the molecule is Cc1ccc(S(N)(=O)=O)c(N=C2CCCCCC2)c1. The van der Waals surface area contributed by atoms with Gasteiger partial charge in [-0.15, -0.1) is 0 Å². The van der Waals surface area contributed by atoms with Crippen molar-refractivity contribution in [2.24, 2.45) is 10.1 Å².